The minimum Gasteiger partial charge on any atom is -0.328 e. The molecule has 0 aliphatic heterocycles. The van der Waals surface area contributed by atoms with Crippen LogP contribution in [0.2, 0.25) is 0 Å². The van der Waals surface area contributed by atoms with E-state index in [1.54, 1.807) is 10.6 Å². The SMILES string of the molecule is CCC(c1nc2ccccc2c(=O)n1-c1ccc(Br)cc1)N(CCc1ccccc1)C(=O)c1ccc(C(C)(C)C)cc1. The summed E-state index contributed by atoms with van der Waals surface area (Å²) in [6, 6.07) is 32.7. The number of fused-ring (bicyclic) bond motifs is 1. The molecule has 5 aromatic rings. The number of rotatable bonds is 8. The fourth-order valence-corrected chi connectivity index (χ4v) is 5.59. The van der Waals surface area contributed by atoms with Gasteiger partial charge in [-0.05, 0) is 77.9 Å². The summed E-state index contributed by atoms with van der Waals surface area (Å²) in [6.07, 6.45) is 1.27. The van der Waals surface area contributed by atoms with Gasteiger partial charge in [-0.2, -0.15) is 0 Å². The highest BCUT2D eigenvalue weighted by molar-refractivity contribution is 9.10. The molecule has 4 aromatic carbocycles. The predicted molar refractivity (Wildman–Crippen MR) is 174 cm³/mol. The van der Waals surface area contributed by atoms with Crippen molar-refractivity contribution in [3.05, 3.63) is 140 Å². The van der Waals surface area contributed by atoms with Crippen molar-refractivity contribution < 1.29 is 4.79 Å². The number of carbonyl (C=O) groups excluding carboxylic acids is 1. The van der Waals surface area contributed by atoms with Gasteiger partial charge in [0.2, 0.25) is 0 Å². The Balaban J connectivity index is 1.66. The molecule has 1 atom stereocenters. The molecule has 5 rings (SSSR count). The maximum absolute atomic E-state index is 14.3. The van der Waals surface area contributed by atoms with Gasteiger partial charge in [0.25, 0.3) is 11.5 Å². The van der Waals surface area contributed by atoms with Crippen LogP contribution < -0.4 is 5.56 Å². The van der Waals surface area contributed by atoms with Gasteiger partial charge in [-0.3, -0.25) is 14.2 Å². The molecule has 1 amide bonds. The molecule has 0 aliphatic rings. The zero-order chi connectivity index (χ0) is 29.9. The first kappa shape index (κ1) is 29.5. The van der Waals surface area contributed by atoms with Crippen LogP contribution in [0.4, 0.5) is 0 Å². The lowest BCUT2D eigenvalue weighted by Gasteiger charge is -2.33. The molecule has 1 unspecified atom stereocenters. The van der Waals surface area contributed by atoms with E-state index in [9.17, 15) is 9.59 Å². The zero-order valence-corrected chi connectivity index (χ0v) is 26.1. The van der Waals surface area contributed by atoms with Gasteiger partial charge in [-0.25, -0.2) is 4.98 Å². The first-order valence-electron chi connectivity index (χ1n) is 14.4. The molecule has 0 saturated heterocycles. The molecule has 42 heavy (non-hydrogen) atoms. The molecule has 0 saturated carbocycles. The Kier molecular flexibility index (Phi) is 8.74. The van der Waals surface area contributed by atoms with Gasteiger partial charge in [-0.15, -0.1) is 0 Å². The van der Waals surface area contributed by atoms with E-state index in [1.165, 1.54) is 5.56 Å². The van der Waals surface area contributed by atoms with Crippen molar-refractivity contribution in [2.24, 2.45) is 0 Å². The largest absolute Gasteiger partial charge is 0.328 e. The van der Waals surface area contributed by atoms with E-state index >= 15 is 0 Å². The molecule has 5 nitrogen and oxygen atoms in total. The molecule has 1 aromatic heterocycles. The second-order valence-corrected chi connectivity index (χ2v) is 12.5. The monoisotopic (exact) mass is 621 g/mol. The Bertz CT molecular complexity index is 1740. The van der Waals surface area contributed by atoms with Crippen LogP contribution >= 0.6 is 15.9 Å². The summed E-state index contributed by atoms with van der Waals surface area (Å²) >= 11 is 3.51. The highest BCUT2D eigenvalue weighted by Gasteiger charge is 2.30. The molecule has 0 N–H and O–H groups in total. The van der Waals surface area contributed by atoms with Gasteiger partial charge in [0.05, 0.1) is 22.6 Å². The first-order valence-corrected chi connectivity index (χ1v) is 15.2. The predicted octanol–water partition coefficient (Wildman–Crippen LogP) is 8.28. The standard InChI is InChI=1S/C36H36BrN3O2/c1-5-32(33-38-31-14-10-9-13-30(31)35(42)40(33)29-21-19-28(37)20-22-29)39(24-23-25-11-7-6-8-12-25)34(41)26-15-17-27(18-16-26)36(2,3)4/h6-22,32H,5,23-24H2,1-4H3. The van der Waals surface area contributed by atoms with Crippen molar-refractivity contribution in [3.8, 4) is 5.69 Å². The van der Waals surface area contributed by atoms with Gasteiger partial charge in [0, 0.05) is 16.6 Å². The Morgan fingerprint density at radius 1 is 0.881 bits per heavy atom. The van der Waals surface area contributed by atoms with E-state index in [0.717, 1.165) is 10.0 Å². The number of hydrogen-bond donors (Lipinski definition) is 0. The van der Waals surface area contributed by atoms with Crippen LogP contribution in [-0.4, -0.2) is 26.9 Å². The van der Waals surface area contributed by atoms with Gasteiger partial charge in [0.15, 0.2) is 0 Å². The molecular weight excluding hydrogens is 586 g/mol. The average Bonchev–Trinajstić information content (AvgIpc) is 3.00. The number of amides is 1. The van der Waals surface area contributed by atoms with Gasteiger partial charge in [-0.1, -0.05) is 98.2 Å². The zero-order valence-electron chi connectivity index (χ0n) is 24.5. The maximum Gasteiger partial charge on any atom is 0.266 e. The highest BCUT2D eigenvalue weighted by atomic mass is 79.9. The molecule has 1 heterocycles. The summed E-state index contributed by atoms with van der Waals surface area (Å²) in [6.45, 7) is 9.01. The van der Waals surface area contributed by atoms with Gasteiger partial charge < -0.3 is 4.90 Å². The second kappa shape index (κ2) is 12.5. The van der Waals surface area contributed by atoms with Crippen molar-refractivity contribution >= 4 is 32.7 Å². The normalized spacial score (nSPS) is 12.3. The minimum atomic E-state index is -0.440. The van der Waals surface area contributed by atoms with E-state index in [0.29, 0.717) is 47.4 Å². The van der Waals surface area contributed by atoms with Gasteiger partial charge >= 0.3 is 0 Å². The number of aromatic nitrogens is 2. The number of benzene rings is 4. The lowest BCUT2D eigenvalue weighted by atomic mass is 9.86. The first-order chi connectivity index (χ1) is 20.2. The molecule has 0 bridgehead atoms. The summed E-state index contributed by atoms with van der Waals surface area (Å²) < 4.78 is 2.59. The quantitative estimate of drug-likeness (QED) is 0.175. The lowest BCUT2D eigenvalue weighted by molar-refractivity contribution is 0.0661. The number of nitrogens with zero attached hydrogens (tertiary/aromatic N) is 3. The van der Waals surface area contributed by atoms with Crippen LogP contribution in [0.25, 0.3) is 16.6 Å². The van der Waals surface area contributed by atoms with Crippen molar-refractivity contribution in [3.63, 3.8) is 0 Å². The third-order valence-electron chi connectivity index (χ3n) is 7.69. The fourth-order valence-electron chi connectivity index (χ4n) is 5.33. The molecule has 0 radical (unpaired) electrons. The lowest BCUT2D eigenvalue weighted by Crippen LogP contribution is -2.39. The third kappa shape index (κ3) is 6.24. The third-order valence-corrected chi connectivity index (χ3v) is 8.22. The van der Waals surface area contributed by atoms with Crippen LogP contribution in [0.5, 0.6) is 0 Å². The summed E-state index contributed by atoms with van der Waals surface area (Å²) in [7, 11) is 0. The molecule has 6 heteroatoms. The van der Waals surface area contributed by atoms with E-state index in [2.05, 4.69) is 48.8 Å². The van der Waals surface area contributed by atoms with Crippen molar-refractivity contribution in [2.75, 3.05) is 6.54 Å². The number of halogens is 1. The second-order valence-electron chi connectivity index (χ2n) is 11.6. The molecular formula is C36H36BrN3O2. The van der Waals surface area contributed by atoms with Crippen LogP contribution in [0, 0.1) is 0 Å². The molecule has 214 valence electrons. The van der Waals surface area contributed by atoms with Crippen LogP contribution in [0.3, 0.4) is 0 Å². The van der Waals surface area contributed by atoms with E-state index in [1.807, 2.05) is 96.8 Å². The summed E-state index contributed by atoms with van der Waals surface area (Å²) in [5.41, 5.74) is 4.09. The molecule has 0 aliphatic carbocycles. The number of hydrogen-bond acceptors (Lipinski definition) is 3. The van der Waals surface area contributed by atoms with Crippen molar-refractivity contribution in [1.29, 1.82) is 0 Å². The summed E-state index contributed by atoms with van der Waals surface area (Å²) in [5.74, 6) is 0.472. The van der Waals surface area contributed by atoms with Crippen LogP contribution in [0.15, 0.2) is 112 Å². The van der Waals surface area contributed by atoms with Crippen LogP contribution in [-0.2, 0) is 11.8 Å². The topological polar surface area (TPSA) is 55.2 Å². The van der Waals surface area contributed by atoms with Crippen molar-refractivity contribution in [1.82, 2.24) is 14.5 Å². The number of para-hydroxylation sites is 1. The molecule has 0 spiro atoms. The Hall–Kier alpha value is -4.03. The van der Waals surface area contributed by atoms with E-state index in [-0.39, 0.29) is 16.9 Å². The Morgan fingerprint density at radius 2 is 1.52 bits per heavy atom. The minimum absolute atomic E-state index is 0.0176. The summed E-state index contributed by atoms with van der Waals surface area (Å²) in [5, 5.41) is 0.541. The Morgan fingerprint density at radius 3 is 2.17 bits per heavy atom. The van der Waals surface area contributed by atoms with Gasteiger partial charge in [0.1, 0.15) is 5.82 Å². The number of carbonyl (C=O) groups is 1. The van der Waals surface area contributed by atoms with E-state index in [4.69, 9.17) is 4.98 Å². The van der Waals surface area contributed by atoms with E-state index < -0.39 is 6.04 Å². The summed E-state index contributed by atoms with van der Waals surface area (Å²) in [4.78, 5) is 35.3. The maximum atomic E-state index is 14.3. The molecule has 0 fully saturated rings. The fraction of sp³-hybridized carbons (Fsp3) is 0.250. The smallest absolute Gasteiger partial charge is 0.266 e. The highest BCUT2D eigenvalue weighted by Crippen LogP contribution is 2.29. The van der Waals surface area contributed by atoms with Crippen molar-refractivity contribution in [2.45, 2.75) is 52.0 Å². The Labute approximate surface area is 256 Å². The average molecular weight is 623 g/mol. The van der Waals surface area contributed by atoms with Crippen LogP contribution in [0.1, 0.15) is 67.5 Å².